The average molecular weight is 241 g/mol. The highest BCUT2D eigenvalue weighted by molar-refractivity contribution is 14.1. The van der Waals surface area contributed by atoms with Crippen molar-refractivity contribution in [1.29, 1.82) is 0 Å². The Morgan fingerprint density at radius 2 is 1.78 bits per heavy atom. The van der Waals surface area contributed by atoms with Crippen LogP contribution in [0.4, 0.5) is 0 Å². The monoisotopic (exact) mass is 241 g/mol. The molecule has 0 spiro atoms. The molecule has 0 atom stereocenters. The Bertz CT molecular complexity index is 54.9. The summed E-state index contributed by atoms with van der Waals surface area (Å²) < 4.78 is 1.31. The molecule has 0 saturated carbocycles. The van der Waals surface area contributed by atoms with E-state index in [1.165, 1.54) is 30.2 Å². The topological polar surface area (TPSA) is 3.24 Å². The van der Waals surface area contributed by atoms with Crippen molar-refractivity contribution < 1.29 is 0 Å². The van der Waals surface area contributed by atoms with Gasteiger partial charge in [0.05, 0.1) is 0 Å². The molecule has 0 aromatic heterocycles. The highest BCUT2D eigenvalue weighted by Crippen LogP contribution is 1.98. The standard InChI is InChI=1S/C7H16IN/c1-9(2)7-5-3-4-6-8/h3-7H2,1-2H3. The highest BCUT2D eigenvalue weighted by atomic mass is 127. The smallest absolute Gasteiger partial charge is 0.000472 e. The molecule has 0 bridgehead atoms. The van der Waals surface area contributed by atoms with Gasteiger partial charge in [-0.2, -0.15) is 0 Å². The zero-order valence-electron chi connectivity index (χ0n) is 6.36. The molecule has 56 valence electrons. The van der Waals surface area contributed by atoms with E-state index >= 15 is 0 Å². The second-order valence-electron chi connectivity index (χ2n) is 2.55. The second-order valence-corrected chi connectivity index (χ2v) is 3.63. The molecule has 0 aliphatic carbocycles. The van der Waals surface area contributed by atoms with Crippen LogP contribution < -0.4 is 0 Å². The third-order valence-electron chi connectivity index (χ3n) is 1.24. The van der Waals surface area contributed by atoms with Crippen molar-refractivity contribution in [1.82, 2.24) is 4.90 Å². The summed E-state index contributed by atoms with van der Waals surface area (Å²) in [6, 6.07) is 0. The first-order valence-corrected chi connectivity index (χ1v) is 5.00. The summed E-state index contributed by atoms with van der Waals surface area (Å²) in [5.41, 5.74) is 0. The van der Waals surface area contributed by atoms with Crippen LogP contribution in [0.1, 0.15) is 19.3 Å². The minimum atomic E-state index is 1.25. The van der Waals surface area contributed by atoms with Crippen LogP contribution in [-0.2, 0) is 0 Å². The Morgan fingerprint density at radius 1 is 1.11 bits per heavy atom. The zero-order valence-corrected chi connectivity index (χ0v) is 8.52. The van der Waals surface area contributed by atoms with Crippen molar-refractivity contribution >= 4 is 22.6 Å². The number of unbranched alkanes of at least 4 members (excludes halogenated alkanes) is 2. The maximum absolute atomic E-state index is 2.43. The Hall–Kier alpha value is 0.690. The molecule has 0 unspecified atom stereocenters. The summed E-state index contributed by atoms with van der Waals surface area (Å²) in [5.74, 6) is 0. The molecule has 0 aromatic carbocycles. The predicted molar refractivity (Wildman–Crippen MR) is 51.3 cm³/mol. The lowest BCUT2D eigenvalue weighted by molar-refractivity contribution is 0.394. The highest BCUT2D eigenvalue weighted by Gasteiger charge is 1.88. The van der Waals surface area contributed by atoms with Crippen molar-refractivity contribution in [3.63, 3.8) is 0 Å². The van der Waals surface area contributed by atoms with Gasteiger partial charge in [0.15, 0.2) is 0 Å². The van der Waals surface area contributed by atoms with E-state index in [1.54, 1.807) is 0 Å². The van der Waals surface area contributed by atoms with Crippen LogP contribution in [0.2, 0.25) is 0 Å². The van der Waals surface area contributed by atoms with Crippen molar-refractivity contribution in [3.05, 3.63) is 0 Å². The Morgan fingerprint density at radius 3 is 2.22 bits per heavy atom. The van der Waals surface area contributed by atoms with Gasteiger partial charge in [0, 0.05) is 0 Å². The van der Waals surface area contributed by atoms with Gasteiger partial charge in [0.1, 0.15) is 0 Å². The molecule has 0 aromatic rings. The lowest BCUT2D eigenvalue weighted by Crippen LogP contribution is -2.12. The number of hydrogen-bond donors (Lipinski definition) is 0. The molecule has 0 N–H and O–H groups in total. The molecule has 0 rings (SSSR count). The van der Waals surface area contributed by atoms with E-state index in [2.05, 4.69) is 41.6 Å². The number of nitrogens with zero attached hydrogens (tertiary/aromatic N) is 1. The van der Waals surface area contributed by atoms with Crippen molar-refractivity contribution in [2.75, 3.05) is 25.1 Å². The molecular formula is C7H16IN. The van der Waals surface area contributed by atoms with Gasteiger partial charge < -0.3 is 4.90 Å². The van der Waals surface area contributed by atoms with Gasteiger partial charge in [0.25, 0.3) is 0 Å². The van der Waals surface area contributed by atoms with Gasteiger partial charge in [-0.1, -0.05) is 29.0 Å². The van der Waals surface area contributed by atoms with Crippen LogP contribution in [-0.4, -0.2) is 30.0 Å². The quantitative estimate of drug-likeness (QED) is 0.405. The van der Waals surface area contributed by atoms with E-state index in [0.717, 1.165) is 0 Å². The summed E-state index contributed by atoms with van der Waals surface area (Å²) in [7, 11) is 4.26. The lowest BCUT2D eigenvalue weighted by Gasteiger charge is -2.07. The van der Waals surface area contributed by atoms with Gasteiger partial charge >= 0.3 is 0 Å². The fraction of sp³-hybridized carbons (Fsp3) is 1.00. The molecule has 0 amide bonds. The second kappa shape index (κ2) is 6.81. The maximum Gasteiger partial charge on any atom is -0.000472 e. The van der Waals surface area contributed by atoms with Crippen molar-refractivity contribution in [2.24, 2.45) is 0 Å². The van der Waals surface area contributed by atoms with Crippen LogP contribution in [0.15, 0.2) is 0 Å². The van der Waals surface area contributed by atoms with Gasteiger partial charge in [0.2, 0.25) is 0 Å². The zero-order chi connectivity index (χ0) is 7.11. The van der Waals surface area contributed by atoms with E-state index < -0.39 is 0 Å². The fourth-order valence-electron chi connectivity index (χ4n) is 0.699. The first-order chi connectivity index (χ1) is 4.27. The van der Waals surface area contributed by atoms with Gasteiger partial charge in [-0.25, -0.2) is 0 Å². The van der Waals surface area contributed by atoms with E-state index in [0.29, 0.717) is 0 Å². The van der Waals surface area contributed by atoms with E-state index in [9.17, 15) is 0 Å². The summed E-state index contributed by atoms with van der Waals surface area (Å²) in [4.78, 5) is 2.24. The normalized spacial score (nSPS) is 10.7. The summed E-state index contributed by atoms with van der Waals surface area (Å²) >= 11 is 2.43. The van der Waals surface area contributed by atoms with Crippen LogP contribution in [0.3, 0.4) is 0 Å². The Kier molecular flexibility index (Phi) is 7.33. The van der Waals surface area contributed by atoms with E-state index in [-0.39, 0.29) is 0 Å². The molecule has 0 aliphatic heterocycles. The largest absolute Gasteiger partial charge is 0.309 e. The average Bonchev–Trinajstić information content (AvgIpc) is 1.80. The lowest BCUT2D eigenvalue weighted by atomic mass is 10.2. The predicted octanol–water partition coefficient (Wildman–Crippen LogP) is 2.15. The fourth-order valence-corrected chi connectivity index (χ4v) is 1.24. The van der Waals surface area contributed by atoms with Gasteiger partial charge in [-0.15, -0.1) is 0 Å². The number of halogens is 1. The third-order valence-corrected chi connectivity index (χ3v) is 2.00. The van der Waals surface area contributed by atoms with Crippen LogP contribution in [0, 0.1) is 0 Å². The SMILES string of the molecule is CN(C)CCCCCI. The van der Waals surface area contributed by atoms with Crippen LogP contribution in [0.5, 0.6) is 0 Å². The molecule has 1 nitrogen and oxygen atoms in total. The molecule has 0 heterocycles. The molecule has 0 radical (unpaired) electrons. The van der Waals surface area contributed by atoms with Gasteiger partial charge in [-0.3, -0.25) is 0 Å². The molecule has 9 heavy (non-hydrogen) atoms. The first kappa shape index (κ1) is 9.69. The van der Waals surface area contributed by atoms with E-state index in [4.69, 9.17) is 0 Å². The van der Waals surface area contributed by atoms with Crippen LogP contribution >= 0.6 is 22.6 Å². The molecule has 0 aliphatic rings. The van der Waals surface area contributed by atoms with Gasteiger partial charge in [-0.05, 0) is 37.9 Å². The van der Waals surface area contributed by atoms with E-state index in [1.807, 2.05) is 0 Å². The molecule has 0 saturated heterocycles. The molecule has 0 fully saturated rings. The molecular weight excluding hydrogens is 225 g/mol. The number of alkyl halides is 1. The first-order valence-electron chi connectivity index (χ1n) is 3.48. The Balaban J connectivity index is 2.75. The third kappa shape index (κ3) is 8.69. The van der Waals surface area contributed by atoms with Crippen LogP contribution in [0.25, 0.3) is 0 Å². The minimum absolute atomic E-state index is 1.25. The Labute approximate surface area is 72.0 Å². The summed E-state index contributed by atoms with van der Waals surface area (Å²) in [5, 5.41) is 0. The number of rotatable bonds is 5. The number of hydrogen-bond acceptors (Lipinski definition) is 1. The summed E-state index contributed by atoms with van der Waals surface area (Å²) in [6.45, 7) is 1.25. The minimum Gasteiger partial charge on any atom is -0.309 e. The van der Waals surface area contributed by atoms with Crippen molar-refractivity contribution in [3.8, 4) is 0 Å². The maximum atomic E-state index is 2.43. The summed E-state index contributed by atoms with van der Waals surface area (Å²) in [6.07, 6.45) is 4.13. The van der Waals surface area contributed by atoms with Crippen molar-refractivity contribution in [2.45, 2.75) is 19.3 Å². The molecule has 2 heteroatoms.